The SMILES string of the molecule is O=S(=O)(NC[C@@H](c1ccccc1)N1CCN(c2cccc(Cl)c2)CC1)c1ccccc1. The third kappa shape index (κ3) is 5.46. The number of hydrogen-bond acceptors (Lipinski definition) is 4. The number of nitrogens with zero attached hydrogens (tertiary/aromatic N) is 2. The van der Waals surface area contributed by atoms with E-state index in [2.05, 4.69) is 32.7 Å². The molecule has 162 valence electrons. The zero-order valence-corrected chi connectivity index (χ0v) is 18.8. The Morgan fingerprint density at radius 1 is 0.839 bits per heavy atom. The second-order valence-corrected chi connectivity index (χ2v) is 9.80. The van der Waals surface area contributed by atoms with Gasteiger partial charge in [0.25, 0.3) is 0 Å². The lowest BCUT2D eigenvalue weighted by molar-refractivity contribution is 0.187. The summed E-state index contributed by atoms with van der Waals surface area (Å²) in [6.45, 7) is 3.70. The van der Waals surface area contributed by atoms with Gasteiger partial charge in [0.2, 0.25) is 10.0 Å². The number of halogens is 1. The van der Waals surface area contributed by atoms with E-state index >= 15 is 0 Å². The fourth-order valence-electron chi connectivity index (χ4n) is 3.97. The molecule has 0 radical (unpaired) electrons. The van der Waals surface area contributed by atoms with Crippen molar-refractivity contribution in [1.29, 1.82) is 0 Å². The van der Waals surface area contributed by atoms with Crippen LogP contribution in [0.1, 0.15) is 11.6 Å². The van der Waals surface area contributed by atoms with Crippen LogP contribution in [-0.4, -0.2) is 46.0 Å². The van der Waals surface area contributed by atoms with Gasteiger partial charge >= 0.3 is 0 Å². The first-order chi connectivity index (χ1) is 15.0. The molecule has 1 atom stereocenters. The molecule has 1 fully saturated rings. The van der Waals surface area contributed by atoms with Gasteiger partial charge in [0.1, 0.15) is 0 Å². The van der Waals surface area contributed by atoms with Crippen molar-refractivity contribution >= 4 is 27.3 Å². The molecule has 0 bridgehead atoms. The van der Waals surface area contributed by atoms with Crippen LogP contribution in [0.3, 0.4) is 0 Å². The Labute approximate surface area is 189 Å². The van der Waals surface area contributed by atoms with Crippen LogP contribution >= 0.6 is 11.6 Å². The fraction of sp³-hybridized carbons (Fsp3) is 0.250. The molecular formula is C24H26ClN3O2S. The molecule has 1 N–H and O–H groups in total. The summed E-state index contributed by atoms with van der Waals surface area (Å²) >= 11 is 6.16. The summed E-state index contributed by atoms with van der Waals surface area (Å²) in [5.41, 5.74) is 2.22. The molecule has 1 heterocycles. The van der Waals surface area contributed by atoms with Crippen molar-refractivity contribution < 1.29 is 8.42 Å². The van der Waals surface area contributed by atoms with E-state index in [0.29, 0.717) is 6.54 Å². The molecule has 0 amide bonds. The Hall–Kier alpha value is -2.38. The minimum absolute atomic E-state index is 0.0406. The third-order valence-corrected chi connectivity index (χ3v) is 7.31. The standard InChI is InChI=1S/C24H26ClN3O2S/c25-21-10-7-11-22(18-21)27-14-16-28(17-15-27)24(20-8-3-1-4-9-20)19-26-31(29,30)23-12-5-2-6-13-23/h1-13,18,24,26H,14-17,19H2/t24-/m0/s1. The monoisotopic (exact) mass is 455 g/mol. The largest absolute Gasteiger partial charge is 0.369 e. The van der Waals surface area contributed by atoms with Gasteiger partial charge in [-0.15, -0.1) is 0 Å². The van der Waals surface area contributed by atoms with Gasteiger partial charge in [0.05, 0.1) is 4.90 Å². The van der Waals surface area contributed by atoms with E-state index in [-0.39, 0.29) is 10.9 Å². The zero-order chi connectivity index (χ0) is 21.7. The summed E-state index contributed by atoms with van der Waals surface area (Å²) in [5.74, 6) is 0. The molecule has 1 aliphatic heterocycles. The van der Waals surface area contributed by atoms with Crippen LogP contribution in [0.5, 0.6) is 0 Å². The van der Waals surface area contributed by atoms with Gasteiger partial charge in [-0.2, -0.15) is 0 Å². The summed E-state index contributed by atoms with van der Waals surface area (Å²) < 4.78 is 28.4. The fourth-order valence-corrected chi connectivity index (χ4v) is 5.21. The first-order valence-corrected chi connectivity index (χ1v) is 12.2. The molecule has 0 spiro atoms. The van der Waals surface area contributed by atoms with Crippen LogP contribution in [0, 0.1) is 0 Å². The van der Waals surface area contributed by atoms with E-state index in [1.54, 1.807) is 24.3 Å². The number of rotatable bonds is 7. The summed E-state index contributed by atoms with van der Waals surface area (Å²) in [6, 6.07) is 26.5. The number of hydrogen-bond donors (Lipinski definition) is 1. The summed E-state index contributed by atoms with van der Waals surface area (Å²) in [7, 11) is -3.56. The second kappa shape index (κ2) is 9.83. The van der Waals surface area contributed by atoms with Crippen molar-refractivity contribution in [3.8, 4) is 0 Å². The molecule has 0 saturated carbocycles. The van der Waals surface area contributed by atoms with Gasteiger partial charge in [-0.05, 0) is 35.9 Å². The van der Waals surface area contributed by atoms with Crippen molar-refractivity contribution in [2.75, 3.05) is 37.6 Å². The normalized spacial score (nSPS) is 16.2. The molecule has 4 rings (SSSR count). The highest BCUT2D eigenvalue weighted by Gasteiger charge is 2.27. The van der Waals surface area contributed by atoms with Crippen LogP contribution in [0.4, 0.5) is 5.69 Å². The number of benzene rings is 3. The number of anilines is 1. The summed E-state index contributed by atoms with van der Waals surface area (Å²) in [5, 5.41) is 0.734. The predicted molar refractivity (Wildman–Crippen MR) is 126 cm³/mol. The second-order valence-electron chi connectivity index (χ2n) is 7.59. The number of nitrogens with one attached hydrogen (secondary N) is 1. The molecular weight excluding hydrogens is 430 g/mol. The average molecular weight is 456 g/mol. The number of piperazine rings is 1. The van der Waals surface area contributed by atoms with Crippen LogP contribution in [0.25, 0.3) is 0 Å². The lowest BCUT2D eigenvalue weighted by atomic mass is 10.0. The van der Waals surface area contributed by atoms with Crippen LogP contribution < -0.4 is 9.62 Å². The molecule has 0 aromatic heterocycles. The topological polar surface area (TPSA) is 52.7 Å². The van der Waals surface area contributed by atoms with Crippen LogP contribution in [0.2, 0.25) is 5.02 Å². The van der Waals surface area contributed by atoms with E-state index in [0.717, 1.165) is 42.5 Å². The third-order valence-electron chi connectivity index (χ3n) is 5.63. The zero-order valence-electron chi connectivity index (χ0n) is 17.2. The van der Waals surface area contributed by atoms with Gasteiger partial charge in [-0.25, -0.2) is 13.1 Å². The van der Waals surface area contributed by atoms with Crippen molar-refractivity contribution in [3.63, 3.8) is 0 Å². The van der Waals surface area contributed by atoms with Gasteiger partial charge < -0.3 is 4.90 Å². The maximum absolute atomic E-state index is 12.8. The minimum atomic E-state index is -3.56. The van der Waals surface area contributed by atoms with Gasteiger partial charge in [0, 0.05) is 49.5 Å². The highest BCUT2D eigenvalue weighted by atomic mass is 35.5. The number of sulfonamides is 1. The maximum Gasteiger partial charge on any atom is 0.240 e. The Kier molecular flexibility index (Phi) is 6.92. The minimum Gasteiger partial charge on any atom is -0.369 e. The summed E-state index contributed by atoms with van der Waals surface area (Å²) in [6.07, 6.45) is 0. The molecule has 3 aromatic rings. The highest BCUT2D eigenvalue weighted by molar-refractivity contribution is 7.89. The maximum atomic E-state index is 12.8. The van der Waals surface area contributed by atoms with Crippen molar-refractivity contribution in [2.24, 2.45) is 0 Å². The molecule has 3 aromatic carbocycles. The van der Waals surface area contributed by atoms with Gasteiger partial charge in [0.15, 0.2) is 0 Å². The average Bonchev–Trinajstić information content (AvgIpc) is 2.81. The molecule has 1 saturated heterocycles. The molecule has 7 heteroatoms. The van der Waals surface area contributed by atoms with E-state index < -0.39 is 10.0 Å². The van der Waals surface area contributed by atoms with Crippen molar-refractivity contribution in [1.82, 2.24) is 9.62 Å². The smallest absolute Gasteiger partial charge is 0.240 e. The first kappa shape index (κ1) is 21.8. The van der Waals surface area contributed by atoms with Gasteiger partial charge in [-0.1, -0.05) is 66.2 Å². The van der Waals surface area contributed by atoms with Crippen molar-refractivity contribution in [2.45, 2.75) is 10.9 Å². The van der Waals surface area contributed by atoms with Crippen molar-refractivity contribution in [3.05, 3.63) is 95.5 Å². The Bertz CT molecular complexity index is 1090. The van der Waals surface area contributed by atoms with E-state index in [9.17, 15) is 8.42 Å². The van der Waals surface area contributed by atoms with Crippen LogP contribution in [-0.2, 0) is 10.0 Å². The quantitative estimate of drug-likeness (QED) is 0.580. The Morgan fingerprint density at radius 3 is 2.13 bits per heavy atom. The molecule has 5 nitrogen and oxygen atoms in total. The molecule has 0 aliphatic carbocycles. The lowest BCUT2D eigenvalue weighted by Gasteiger charge is -2.40. The van der Waals surface area contributed by atoms with Crippen LogP contribution in [0.15, 0.2) is 89.8 Å². The molecule has 1 aliphatic rings. The van der Waals surface area contributed by atoms with E-state index in [4.69, 9.17) is 11.6 Å². The lowest BCUT2D eigenvalue weighted by Crippen LogP contribution is -2.49. The molecule has 31 heavy (non-hydrogen) atoms. The van der Waals surface area contributed by atoms with Gasteiger partial charge in [-0.3, -0.25) is 4.90 Å². The van der Waals surface area contributed by atoms with E-state index in [1.165, 1.54) is 0 Å². The highest BCUT2D eigenvalue weighted by Crippen LogP contribution is 2.26. The van der Waals surface area contributed by atoms with E-state index in [1.807, 2.05) is 42.5 Å². The summed E-state index contributed by atoms with van der Waals surface area (Å²) in [4.78, 5) is 4.95. The Morgan fingerprint density at radius 2 is 1.48 bits per heavy atom. The first-order valence-electron chi connectivity index (χ1n) is 10.4. The Balaban J connectivity index is 1.48. The molecule has 0 unspecified atom stereocenters. The predicted octanol–water partition coefficient (Wildman–Crippen LogP) is 4.18.